The van der Waals surface area contributed by atoms with Gasteiger partial charge in [-0.3, -0.25) is 0 Å². The Bertz CT molecular complexity index is 819. The van der Waals surface area contributed by atoms with Crippen LogP contribution in [0.2, 0.25) is 0 Å². The van der Waals surface area contributed by atoms with Gasteiger partial charge in [0.25, 0.3) is 5.89 Å². The van der Waals surface area contributed by atoms with E-state index < -0.39 is 16.1 Å². The summed E-state index contributed by atoms with van der Waals surface area (Å²) in [5.41, 5.74) is 0. The maximum Gasteiger partial charge on any atom is 0.252 e. The van der Waals surface area contributed by atoms with E-state index in [1.807, 2.05) is 0 Å². The highest BCUT2D eigenvalue weighted by Crippen LogP contribution is 2.33. The molecule has 2 aromatic rings. The molecule has 0 radical (unpaired) electrons. The molecule has 1 aromatic heterocycles. The van der Waals surface area contributed by atoms with E-state index in [9.17, 15) is 8.42 Å². The predicted octanol–water partition coefficient (Wildman–Crippen LogP) is 2.53. The zero-order valence-corrected chi connectivity index (χ0v) is 15.7. The minimum Gasteiger partial charge on any atom is -0.497 e. The molecule has 9 heteroatoms. The topological polar surface area (TPSA) is 94.8 Å². The van der Waals surface area contributed by atoms with Crippen molar-refractivity contribution >= 4 is 10.0 Å². The summed E-state index contributed by atoms with van der Waals surface area (Å²) in [5, 5.41) is 3.99. The van der Waals surface area contributed by atoms with E-state index in [0.717, 1.165) is 19.3 Å². The van der Waals surface area contributed by atoms with Crippen LogP contribution in [-0.4, -0.2) is 43.6 Å². The Labute approximate surface area is 153 Å². The lowest BCUT2D eigenvalue weighted by Crippen LogP contribution is -2.35. The fourth-order valence-electron chi connectivity index (χ4n) is 3.10. The van der Waals surface area contributed by atoms with Crippen molar-refractivity contribution in [2.75, 3.05) is 20.8 Å². The summed E-state index contributed by atoms with van der Waals surface area (Å²) in [5.74, 6) is 1.34. The fourth-order valence-corrected chi connectivity index (χ4v) is 4.75. The summed E-state index contributed by atoms with van der Waals surface area (Å²) in [4.78, 5) is 4.55. The van der Waals surface area contributed by atoms with Crippen molar-refractivity contribution in [3.05, 3.63) is 36.0 Å². The maximum absolute atomic E-state index is 13.2. The van der Waals surface area contributed by atoms with E-state index in [2.05, 4.69) is 10.1 Å². The van der Waals surface area contributed by atoms with E-state index in [1.165, 1.54) is 11.4 Å². The average Bonchev–Trinajstić information content (AvgIpc) is 2.96. The number of ether oxygens (including phenoxy) is 2. The standard InChI is InChI=1S/C17H23N3O5S/c1-23-12-16-18-17(19-25-16)15-6-4-3-5-11-20(15)26(21,22)14-9-7-13(24-2)8-10-14/h7-10,15H,3-6,11-12H2,1-2H3/t15-/m0/s1. The lowest BCUT2D eigenvalue weighted by Gasteiger charge is -2.27. The second-order valence-electron chi connectivity index (χ2n) is 6.14. The third kappa shape index (κ3) is 3.89. The van der Waals surface area contributed by atoms with Crippen molar-refractivity contribution in [3.63, 3.8) is 0 Å². The highest BCUT2D eigenvalue weighted by molar-refractivity contribution is 7.89. The molecule has 0 aliphatic carbocycles. The molecule has 3 rings (SSSR count). The van der Waals surface area contributed by atoms with Gasteiger partial charge in [0.15, 0.2) is 5.82 Å². The highest BCUT2D eigenvalue weighted by Gasteiger charge is 2.36. The Morgan fingerprint density at radius 3 is 2.65 bits per heavy atom. The van der Waals surface area contributed by atoms with Crippen LogP contribution in [0, 0.1) is 0 Å². The summed E-state index contributed by atoms with van der Waals surface area (Å²) >= 11 is 0. The van der Waals surface area contributed by atoms with Gasteiger partial charge in [-0.15, -0.1) is 0 Å². The molecule has 8 nitrogen and oxygen atoms in total. The normalized spacial score (nSPS) is 19.2. The first-order valence-electron chi connectivity index (χ1n) is 8.53. The molecule has 0 saturated carbocycles. The van der Waals surface area contributed by atoms with Crippen LogP contribution in [-0.2, 0) is 21.4 Å². The number of methoxy groups -OCH3 is 2. The van der Waals surface area contributed by atoms with Crippen molar-refractivity contribution in [2.24, 2.45) is 0 Å². The molecule has 1 aliphatic heterocycles. The fraction of sp³-hybridized carbons (Fsp3) is 0.529. The Hall–Kier alpha value is -1.97. The van der Waals surface area contributed by atoms with E-state index in [1.54, 1.807) is 31.4 Å². The minimum atomic E-state index is -3.69. The smallest absolute Gasteiger partial charge is 0.252 e. The molecule has 1 fully saturated rings. The van der Waals surface area contributed by atoms with Crippen LogP contribution in [0.1, 0.15) is 43.4 Å². The Morgan fingerprint density at radius 2 is 1.96 bits per heavy atom. The van der Waals surface area contributed by atoms with E-state index in [-0.39, 0.29) is 11.5 Å². The number of aromatic nitrogens is 2. The van der Waals surface area contributed by atoms with Gasteiger partial charge in [0.1, 0.15) is 12.4 Å². The average molecular weight is 381 g/mol. The third-order valence-electron chi connectivity index (χ3n) is 4.42. The van der Waals surface area contributed by atoms with Gasteiger partial charge >= 0.3 is 0 Å². The van der Waals surface area contributed by atoms with Crippen molar-refractivity contribution in [2.45, 2.75) is 43.2 Å². The highest BCUT2D eigenvalue weighted by atomic mass is 32.2. The minimum absolute atomic E-state index is 0.199. The summed E-state index contributed by atoms with van der Waals surface area (Å²) in [6, 6.07) is 5.96. The number of hydrogen-bond acceptors (Lipinski definition) is 7. The van der Waals surface area contributed by atoms with Gasteiger partial charge in [0.05, 0.1) is 18.0 Å². The maximum atomic E-state index is 13.2. The zero-order valence-electron chi connectivity index (χ0n) is 14.9. The molecule has 0 amide bonds. The molecule has 1 saturated heterocycles. The molecule has 142 valence electrons. The lowest BCUT2D eigenvalue weighted by atomic mass is 10.1. The van der Waals surface area contributed by atoms with Crippen molar-refractivity contribution in [3.8, 4) is 5.75 Å². The Morgan fingerprint density at radius 1 is 1.19 bits per heavy atom. The largest absolute Gasteiger partial charge is 0.497 e. The first-order valence-corrected chi connectivity index (χ1v) is 9.97. The molecule has 1 aromatic carbocycles. The van der Waals surface area contributed by atoms with Crippen molar-refractivity contribution < 1.29 is 22.4 Å². The number of sulfonamides is 1. The lowest BCUT2D eigenvalue weighted by molar-refractivity contribution is 0.151. The SMILES string of the molecule is COCc1nc([C@@H]2CCCCCN2S(=O)(=O)c2ccc(OC)cc2)no1. The third-order valence-corrected chi connectivity index (χ3v) is 6.34. The first kappa shape index (κ1) is 18.8. The number of rotatable bonds is 6. The van der Waals surface area contributed by atoms with Crippen LogP contribution in [0.25, 0.3) is 0 Å². The summed E-state index contributed by atoms with van der Waals surface area (Å²) in [7, 11) is -0.604. The van der Waals surface area contributed by atoms with Crippen LogP contribution in [0.15, 0.2) is 33.7 Å². The second-order valence-corrected chi connectivity index (χ2v) is 8.03. The van der Waals surface area contributed by atoms with Gasteiger partial charge in [-0.1, -0.05) is 18.0 Å². The van der Waals surface area contributed by atoms with Gasteiger partial charge < -0.3 is 14.0 Å². The summed E-state index contributed by atoms with van der Waals surface area (Å²) in [6.45, 7) is 0.623. The van der Waals surface area contributed by atoms with Gasteiger partial charge in [0.2, 0.25) is 10.0 Å². The molecule has 1 atom stereocenters. The second kappa shape index (κ2) is 8.15. The summed E-state index contributed by atoms with van der Waals surface area (Å²) < 4.78 is 43.2. The van der Waals surface area contributed by atoms with Gasteiger partial charge in [-0.25, -0.2) is 8.42 Å². The molecule has 1 aliphatic rings. The zero-order chi connectivity index (χ0) is 18.6. The molecule has 26 heavy (non-hydrogen) atoms. The molecule has 0 unspecified atom stereocenters. The monoisotopic (exact) mass is 381 g/mol. The Balaban J connectivity index is 1.94. The molecule has 0 spiro atoms. The molecule has 2 heterocycles. The molecule has 0 N–H and O–H groups in total. The van der Waals surface area contributed by atoms with Crippen molar-refractivity contribution in [1.29, 1.82) is 0 Å². The van der Waals surface area contributed by atoms with Crippen molar-refractivity contribution in [1.82, 2.24) is 14.4 Å². The molecule has 0 bridgehead atoms. The van der Waals surface area contributed by atoms with Crippen LogP contribution in [0.4, 0.5) is 0 Å². The quantitative estimate of drug-likeness (QED) is 0.759. The van der Waals surface area contributed by atoms with Gasteiger partial charge in [0, 0.05) is 13.7 Å². The van der Waals surface area contributed by atoms with Crippen LogP contribution < -0.4 is 4.74 Å². The molecular weight excluding hydrogens is 358 g/mol. The van der Waals surface area contributed by atoms with Crippen LogP contribution >= 0.6 is 0 Å². The van der Waals surface area contributed by atoms with E-state index in [4.69, 9.17) is 14.0 Å². The van der Waals surface area contributed by atoms with E-state index >= 15 is 0 Å². The predicted molar refractivity (Wildman–Crippen MR) is 93.1 cm³/mol. The Kier molecular flexibility index (Phi) is 5.90. The number of hydrogen-bond donors (Lipinski definition) is 0. The summed E-state index contributed by atoms with van der Waals surface area (Å²) in [6.07, 6.45) is 3.33. The number of nitrogens with zero attached hydrogens (tertiary/aromatic N) is 3. The number of benzene rings is 1. The van der Waals surface area contributed by atoms with Crippen LogP contribution in [0.3, 0.4) is 0 Å². The van der Waals surface area contributed by atoms with Gasteiger partial charge in [-0.05, 0) is 37.1 Å². The van der Waals surface area contributed by atoms with Gasteiger partial charge in [-0.2, -0.15) is 9.29 Å². The molecular formula is C17H23N3O5S. The first-order chi connectivity index (χ1) is 12.6. The van der Waals surface area contributed by atoms with E-state index in [0.29, 0.717) is 30.4 Å². The van der Waals surface area contributed by atoms with Crippen LogP contribution in [0.5, 0.6) is 5.75 Å².